The van der Waals surface area contributed by atoms with Gasteiger partial charge in [-0.25, -0.2) is 0 Å². The number of nitrogens with one attached hydrogen (secondary N) is 2. The van der Waals surface area contributed by atoms with Gasteiger partial charge in [-0.15, -0.1) is 0 Å². The van der Waals surface area contributed by atoms with Crippen LogP contribution in [0.5, 0.6) is 0 Å². The van der Waals surface area contributed by atoms with Gasteiger partial charge in [0.1, 0.15) is 0 Å². The molecular formula is C17H30N2O2. The minimum Gasteiger partial charge on any atom is -0.512 e. The second kappa shape index (κ2) is 6.65. The monoisotopic (exact) mass is 294 g/mol. The summed E-state index contributed by atoms with van der Waals surface area (Å²) in [7, 11) is 1.90. The normalized spacial score (nSPS) is 22.1. The molecular weight excluding hydrogens is 264 g/mol. The minimum atomic E-state index is -0.459. The van der Waals surface area contributed by atoms with Gasteiger partial charge in [0.2, 0.25) is 5.91 Å². The summed E-state index contributed by atoms with van der Waals surface area (Å²) in [6.07, 6.45) is 4.83. The molecule has 4 nitrogen and oxygen atoms in total. The van der Waals surface area contributed by atoms with Gasteiger partial charge in [0.25, 0.3) is 0 Å². The van der Waals surface area contributed by atoms with Gasteiger partial charge < -0.3 is 15.7 Å². The van der Waals surface area contributed by atoms with Crippen LogP contribution in [0.1, 0.15) is 47.5 Å². The fourth-order valence-electron chi connectivity index (χ4n) is 2.48. The molecule has 0 bridgehead atoms. The Morgan fingerprint density at radius 2 is 1.95 bits per heavy atom. The highest BCUT2D eigenvalue weighted by Crippen LogP contribution is 2.41. The van der Waals surface area contributed by atoms with Crippen LogP contribution >= 0.6 is 0 Å². The van der Waals surface area contributed by atoms with Crippen LogP contribution in [-0.2, 0) is 4.79 Å². The second-order valence-electron chi connectivity index (χ2n) is 7.27. The number of amides is 1. The van der Waals surface area contributed by atoms with Gasteiger partial charge in [-0.3, -0.25) is 4.79 Å². The Hall–Kier alpha value is -1.29. The van der Waals surface area contributed by atoms with Crippen molar-refractivity contribution in [3.05, 3.63) is 23.6 Å². The molecule has 120 valence electrons. The topological polar surface area (TPSA) is 61.4 Å². The molecule has 21 heavy (non-hydrogen) atoms. The van der Waals surface area contributed by atoms with Crippen molar-refractivity contribution in [1.82, 2.24) is 10.6 Å². The van der Waals surface area contributed by atoms with Crippen LogP contribution in [0.3, 0.4) is 0 Å². The van der Waals surface area contributed by atoms with Crippen LogP contribution in [0, 0.1) is 16.7 Å². The maximum atomic E-state index is 12.8. The molecule has 1 rings (SSSR count). The fraction of sp³-hybridized carbons (Fsp3) is 0.706. The highest BCUT2D eigenvalue weighted by Gasteiger charge is 2.44. The van der Waals surface area contributed by atoms with Crippen molar-refractivity contribution in [1.29, 1.82) is 0 Å². The molecule has 4 heteroatoms. The van der Waals surface area contributed by atoms with Gasteiger partial charge in [-0.2, -0.15) is 0 Å². The van der Waals surface area contributed by atoms with E-state index in [0.29, 0.717) is 12.2 Å². The third-order valence-electron chi connectivity index (χ3n) is 4.79. The highest BCUT2D eigenvalue weighted by molar-refractivity contribution is 5.84. The van der Waals surface area contributed by atoms with E-state index < -0.39 is 5.41 Å². The Bertz CT molecular complexity index is 446. The number of carbonyl (C=O) groups is 1. The third kappa shape index (κ3) is 4.10. The third-order valence-corrected chi connectivity index (χ3v) is 4.79. The first kappa shape index (κ1) is 17.8. The molecule has 0 radical (unpaired) electrons. The molecule has 3 N–H and O–H groups in total. The van der Waals surface area contributed by atoms with Crippen molar-refractivity contribution in [2.24, 2.45) is 16.7 Å². The van der Waals surface area contributed by atoms with E-state index in [1.54, 1.807) is 6.08 Å². The predicted molar refractivity (Wildman–Crippen MR) is 86.8 cm³/mol. The standard InChI is InChI=1S/C17H30N2O2/c1-12-11-13(20)7-8-14(12)19-15(21)17(5,9-10-18-6)16(2,3)4/h7-8,12,18,20H,9-11H2,1-6H3,(H,19,21). The number of allylic oxidation sites excluding steroid dienone is 4. The van der Waals surface area contributed by atoms with E-state index in [2.05, 4.69) is 31.4 Å². The molecule has 0 aromatic heterocycles. The number of aliphatic hydroxyl groups is 1. The molecule has 1 aliphatic rings. The maximum Gasteiger partial charge on any atom is 0.230 e. The summed E-state index contributed by atoms with van der Waals surface area (Å²) < 4.78 is 0. The molecule has 2 unspecified atom stereocenters. The first-order valence-corrected chi connectivity index (χ1v) is 7.67. The lowest BCUT2D eigenvalue weighted by Crippen LogP contribution is -2.48. The largest absolute Gasteiger partial charge is 0.512 e. The SMILES string of the molecule is CNCCC(C)(C(=O)NC1=CC=C(O)CC1C)C(C)(C)C. The smallest absolute Gasteiger partial charge is 0.230 e. The Kier molecular flexibility index (Phi) is 5.62. The molecule has 0 saturated carbocycles. The molecule has 0 heterocycles. The zero-order valence-corrected chi connectivity index (χ0v) is 14.2. The van der Waals surface area contributed by atoms with Gasteiger partial charge in [0, 0.05) is 18.0 Å². The molecule has 0 spiro atoms. The van der Waals surface area contributed by atoms with E-state index >= 15 is 0 Å². The molecule has 2 atom stereocenters. The first-order valence-electron chi connectivity index (χ1n) is 7.67. The second-order valence-corrected chi connectivity index (χ2v) is 7.27. The quantitative estimate of drug-likeness (QED) is 0.730. The van der Waals surface area contributed by atoms with Gasteiger partial charge in [0.05, 0.1) is 11.2 Å². The van der Waals surface area contributed by atoms with E-state index in [0.717, 1.165) is 18.7 Å². The van der Waals surface area contributed by atoms with Gasteiger partial charge in [-0.1, -0.05) is 34.6 Å². The van der Waals surface area contributed by atoms with E-state index in [4.69, 9.17) is 0 Å². The minimum absolute atomic E-state index is 0.0538. The molecule has 0 fully saturated rings. The van der Waals surface area contributed by atoms with Crippen molar-refractivity contribution in [2.75, 3.05) is 13.6 Å². The van der Waals surface area contributed by atoms with E-state index in [1.807, 2.05) is 27.0 Å². The predicted octanol–water partition coefficient (Wildman–Crippen LogP) is 3.13. The molecule has 0 saturated heterocycles. The summed E-state index contributed by atoms with van der Waals surface area (Å²) >= 11 is 0. The zero-order chi connectivity index (χ0) is 16.3. The van der Waals surface area contributed by atoms with Gasteiger partial charge in [0.15, 0.2) is 0 Å². The van der Waals surface area contributed by atoms with Gasteiger partial charge in [-0.05, 0) is 37.6 Å². The zero-order valence-electron chi connectivity index (χ0n) is 14.2. The van der Waals surface area contributed by atoms with Crippen LogP contribution < -0.4 is 10.6 Å². The molecule has 0 aromatic carbocycles. The summed E-state index contributed by atoms with van der Waals surface area (Å²) in [5.74, 6) is 0.555. The first-order chi connectivity index (χ1) is 9.61. The summed E-state index contributed by atoms with van der Waals surface area (Å²) in [5, 5.41) is 15.7. The molecule has 0 aliphatic heterocycles. The molecule has 1 amide bonds. The average Bonchev–Trinajstić information content (AvgIpc) is 2.37. The molecule has 0 aromatic rings. The van der Waals surface area contributed by atoms with Crippen LogP contribution in [0.15, 0.2) is 23.6 Å². The lowest BCUT2D eigenvalue weighted by atomic mass is 9.65. The summed E-state index contributed by atoms with van der Waals surface area (Å²) in [6.45, 7) is 11.2. The number of carbonyl (C=O) groups excluding carboxylic acids is 1. The lowest BCUT2D eigenvalue weighted by molar-refractivity contribution is -0.136. The summed E-state index contributed by atoms with van der Waals surface area (Å²) in [4.78, 5) is 12.8. The lowest BCUT2D eigenvalue weighted by Gasteiger charge is -2.41. The van der Waals surface area contributed by atoms with E-state index in [1.165, 1.54) is 0 Å². The van der Waals surface area contributed by atoms with Gasteiger partial charge >= 0.3 is 0 Å². The number of rotatable bonds is 5. The fourth-order valence-corrected chi connectivity index (χ4v) is 2.48. The molecule has 1 aliphatic carbocycles. The Labute approximate surface area is 128 Å². The van der Waals surface area contributed by atoms with E-state index in [-0.39, 0.29) is 17.2 Å². The van der Waals surface area contributed by atoms with Crippen LogP contribution in [-0.4, -0.2) is 24.6 Å². The number of hydrogen-bond donors (Lipinski definition) is 3. The number of hydrogen-bond acceptors (Lipinski definition) is 3. The van der Waals surface area contributed by atoms with E-state index in [9.17, 15) is 9.90 Å². The van der Waals surface area contributed by atoms with Crippen LogP contribution in [0.4, 0.5) is 0 Å². The Morgan fingerprint density at radius 1 is 1.33 bits per heavy atom. The Morgan fingerprint density at radius 3 is 2.43 bits per heavy atom. The van der Waals surface area contributed by atoms with Crippen LogP contribution in [0.2, 0.25) is 0 Å². The number of aliphatic hydroxyl groups excluding tert-OH is 1. The maximum absolute atomic E-state index is 12.8. The summed E-state index contributed by atoms with van der Waals surface area (Å²) in [5.41, 5.74) is 0.294. The highest BCUT2D eigenvalue weighted by atomic mass is 16.3. The van der Waals surface area contributed by atoms with Crippen molar-refractivity contribution in [3.63, 3.8) is 0 Å². The van der Waals surface area contributed by atoms with Crippen molar-refractivity contribution < 1.29 is 9.90 Å². The van der Waals surface area contributed by atoms with Crippen molar-refractivity contribution >= 4 is 5.91 Å². The summed E-state index contributed by atoms with van der Waals surface area (Å²) in [6, 6.07) is 0. The Balaban J connectivity index is 2.92. The van der Waals surface area contributed by atoms with Crippen molar-refractivity contribution in [2.45, 2.75) is 47.5 Å². The van der Waals surface area contributed by atoms with Crippen LogP contribution in [0.25, 0.3) is 0 Å². The average molecular weight is 294 g/mol. The van der Waals surface area contributed by atoms with Crippen molar-refractivity contribution in [3.8, 4) is 0 Å².